The summed E-state index contributed by atoms with van der Waals surface area (Å²) in [5.41, 5.74) is 6.07. The maximum absolute atomic E-state index is 6.07. The molecule has 0 aromatic carbocycles. The van der Waals surface area contributed by atoms with Gasteiger partial charge in [-0.25, -0.2) is 0 Å². The number of hydrogen-bond acceptors (Lipinski definition) is 2. The Morgan fingerprint density at radius 1 is 1.12 bits per heavy atom. The molecule has 0 heterocycles. The van der Waals surface area contributed by atoms with Crippen molar-refractivity contribution >= 4 is 0 Å². The fraction of sp³-hybridized carbons (Fsp3) is 1.00. The summed E-state index contributed by atoms with van der Waals surface area (Å²) in [6.45, 7) is 4.49. The summed E-state index contributed by atoms with van der Waals surface area (Å²) in [4.78, 5) is 0. The molecule has 0 spiro atoms. The molecule has 2 heteroatoms. The molecular weight excluding hydrogens is 196 g/mol. The third-order valence-corrected chi connectivity index (χ3v) is 4.17. The van der Waals surface area contributed by atoms with Crippen LogP contribution in [-0.4, -0.2) is 19.1 Å². The molecule has 2 aliphatic carbocycles. The van der Waals surface area contributed by atoms with Crippen molar-refractivity contribution in [2.24, 2.45) is 23.5 Å². The largest absolute Gasteiger partial charge is 0.327 e. The van der Waals surface area contributed by atoms with E-state index in [4.69, 9.17) is 5.73 Å². The van der Waals surface area contributed by atoms with Crippen LogP contribution in [0.25, 0.3) is 0 Å². The quantitative estimate of drug-likeness (QED) is 0.631. The molecule has 0 aliphatic heterocycles. The summed E-state index contributed by atoms with van der Waals surface area (Å²) in [6, 6.07) is 0.374. The van der Waals surface area contributed by atoms with Gasteiger partial charge in [-0.05, 0) is 56.4 Å². The van der Waals surface area contributed by atoms with Gasteiger partial charge in [-0.1, -0.05) is 19.8 Å². The minimum absolute atomic E-state index is 0.374. The van der Waals surface area contributed by atoms with E-state index in [0.717, 1.165) is 24.3 Å². The molecule has 1 unspecified atom stereocenters. The third kappa shape index (κ3) is 4.06. The maximum atomic E-state index is 6.07. The Hall–Kier alpha value is -0.0800. The van der Waals surface area contributed by atoms with Crippen LogP contribution in [0.2, 0.25) is 0 Å². The lowest BCUT2D eigenvalue weighted by atomic mass is 9.98. The number of nitrogens with two attached hydrogens (primary N) is 1. The highest BCUT2D eigenvalue weighted by Gasteiger charge is 2.40. The molecule has 0 aromatic rings. The predicted octanol–water partition coefficient (Wildman–Crippen LogP) is 2.53. The van der Waals surface area contributed by atoms with Gasteiger partial charge in [-0.3, -0.25) is 0 Å². The molecule has 2 fully saturated rings. The van der Waals surface area contributed by atoms with E-state index in [1.54, 1.807) is 0 Å². The monoisotopic (exact) mass is 224 g/mol. The zero-order chi connectivity index (χ0) is 11.4. The van der Waals surface area contributed by atoms with Gasteiger partial charge in [0.2, 0.25) is 0 Å². The molecule has 2 nitrogen and oxygen atoms in total. The second-order valence-corrected chi connectivity index (χ2v) is 5.90. The topological polar surface area (TPSA) is 38.0 Å². The van der Waals surface area contributed by atoms with Gasteiger partial charge in [0, 0.05) is 12.6 Å². The molecule has 0 saturated heterocycles. The van der Waals surface area contributed by atoms with Crippen LogP contribution in [-0.2, 0) is 0 Å². The summed E-state index contributed by atoms with van der Waals surface area (Å²) in [5, 5.41) is 3.61. The van der Waals surface area contributed by atoms with Crippen LogP contribution in [0.15, 0.2) is 0 Å². The SMILES string of the molecule is CCCCC(N)CNCC(C1CC1)C1CC1. The van der Waals surface area contributed by atoms with Gasteiger partial charge in [-0.2, -0.15) is 0 Å². The highest BCUT2D eigenvalue weighted by molar-refractivity contribution is 4.92. The van der Waals surface area contributed by atoms with Crippen LogP contribution in [0.3, 0.4) is 0 Å². The van der Waals surface area contributed by atoms with Crippen LogP contribution in [0.4, 0.5) is 0 Å². The van der Waals surface area contributed by atoms with E-state index >= 15 is 0 Å². The molecule has 0 bridgehead atoms. The average Bonchev–Trinajstić information content (AvgIpc) is 3.14. The highest BCUT2D eigenvalue weighted by atomic mass is 14.9. The first-order valence-corrected chi connectivity index (χ1v) is 7.27. The molecule has 0 aromatic heterocycles. The van der Waals surface area contributed by atoms with Crippen molar-refractivity contribution in [3.63, 3.8) is 0 Å². The van der Waals surface area contributed by atoms with Crippen molar-refractivity contribution in [1.29, 1.82) is 0 Å². The Bertz CT molecular complexity index is 185. The Morgan fingerprint density at radius 2 is 1.75 bits per heavy atom. The third-order valence-electron chi connectivity index (χ3n) is 4.17. The lowest BCUT2D eigenvalue weighted by Gasteiger charge is -2.18. The van der Waals surface area contributed by atoms with Gasteiger partial charge in [0.15, 0.2) is 0 Å². The summed E-state index contributed by atoms with van der Waals surface area (Å²) in [6.07, 6.45) is 9.68. The summed E-state index contributed by atoms with van der Waals surface area (Å²) in [5.74, 6) is 3.11. The van der Waals surface area contributed by atoms with E-state index in [1.165, 1.54) is 51.5 Å². The standard InChI is InChI=1S/C14H28N2/c1-2-3-4-13(15)9-16-10-14(11-5-6-11)12-7-8-12/h11-14,16H,2-10,15H2,1H3. The van der Waals surface area contributed by atoms with Gasteiger partial charge < -0.3 is 11.1 Å². The van der Waals surface area contributed by atoms with Crippen molar-refractivity contribution < 1.29 is 0 Å². The molecule has 2 saturated carbocycles. The molecule has 3 N–H and O–H groups in total. The predicted molar refractivity (Wildman–Crippen MR) is 69.3 cm³/mol. The molecule has 0 radical (unpaired) electrons. The Kier molecular flexibility index (Phi) is 4.66. The molecule has 2 aliphatic rings. The zero-order valence-electron chi connectivity index (χ0n) is 10.8. The summed E-state index contributed by atoms with van der Waals surface area (Å²) < 4.78 is 0. The molecular formula is C14H28N2. The Balaban J connectivity index is 1.55. The van der Waals surface area contributed by atoms with E-state index in [9.17, 15) is 0 Å². The Morgan fingerprint density at radius 3 is 2.25 bits per heavy atom. The number of rotatable bonds is 9. The van der Waals surface area contributed by atoms with Gasteiger partial charge in [0.1, 0.15) is 0 Å². The normalized spacial score (nSPS) is 22.7. The number of nitrogens with one attached hydrogen (secondary N) is 1. The van der Waals surface area contributed by atoms with Crippen LogP contribution in [0.1, 0.15) is 51.9 Å². The lowest BCUT2D eigenvalue weighted by Crippen LogP contribution is -2.37. The second kappa shape index (κ2) is 6.02. The number of unbranched alkanes of at least 4 members (excludes halogenated alkanes) is 1. The second-order valence-electron chi connectivity index (χ2n) is 5.90. The van der Waals surface area contributed by atoms with Crippen molar-refractivity contribution in [3.8, 4) is 0 Å². The highest BCUT2D eigenvalue weighted by Crippen LogP contribution is 2.48. The summed E-state index contributed by atoms with van der Waals surface area (Å²) in [7, 11) is 0. The smallest absolute Gasteiger partial charge is 0.0165 e. The first-order chi connectivity index (χ1) is 7.81. The average molecular weight is 224 g/mol. The van der Waals surface area contributed by atoms with E-state index in [-0.39, 0.29) is 0 Å². The van der Waals surface area contributed by atoms with Crippen molar-refractivity contribution in [2.75, 3.05) is 13.1 Å². The molecule has 94 valence electrons. The van der Waals surface area contributed by atoms with Crippen LogP contribution < -0.4 is 11.1 Å². The van der Waals surface area contributed by atoms with Crippen molar-refractivity contribution in [2.45, 2.75) is 57.9 Å². The van der Waals surface area contributed by atoms with Gasteiger partial charge in [0.25, 0.3) is 0 Å². The summed E-state index contributed by atoms with van der Waals surface area (Å²) >= 11 is 0. The van der Waals surface area contributed by atoms with Crippen LogP contribution in [0.5, 0.6) is 0 Å². The van der Waals surface area contributed by atoms with E-state index < -0.39 is 0 Å². The molecule has 0 amide bonds. The minimum atomic E-state index is 0.374. The fourth-order valence-electron chi connectivity index (χ4n) is 2.77. The molecule has 16 heavy (non-hydrogen) atoms. The Labute approximate surface area is 100 Å². The zero-order valence-corrected chi connectivity index (χ0v) is 10.8. The lowest BCUT2D eigenvalue weighted by molar-refractivity contribution is 0.370. The molecule has 1 atom stereocenters. The number of hydrogen-bond donors (Lipinski definition) is 2. The van der Waals surface area contributed by atoms with Gasteiger partial charge >= 0.3 is 0 Å². The van der Waals surface area contributed by atoms with E-state index in [1.807, 2.05) is 0 Å². The van der Waals surface area contributed by atoms with E-state index in [2.05, 4.69) is 12.2 Å². The fourth-order valence-corrected chi connectivity index (χ4v) is 2.77. The van der Waals surface area contributed by atoms with E-state index in [0.29, 0.717) is 6.04 Å². The molecule has 2 rings (SSSR count). The van der Waals surface area contributed by atoms with Crippen molar-refractivity contribution in [1.82, 2.24) is 5.32 Å². The van der Waals surface area contributed by atoms with Crippen LogP contribution in [0, 0.1) is 17.8 Å². The van der Waals surface area contributed by atoms with Gasteiger partial charge in [0.05, 0.1) is 0 Å². The van der Waals surface area contributed by atoms with Crippen molar-refractivity contribution in [3.05, 3.63) is 0 Å². The van der Waals surface area contributed by atoms with Crippen LogP contribution >= 0.6 is 0 Å². The minimum Gasteiger partial charge on any atom is -0.327 e. The maximum Gasteiger partial charge on any atom is 0.0165 e. The first kappa shape index (κ1) is 12.4. The van der Waals surface area contributed by atoms with Gasteiger partial charge in [-0.15, -0.1) is 0 Å². The first-order valence-electron chi connectivity index (χ1n) is 7.27.